The molecule has 1 fully saturated rings. The summed E-state index contributed by atoms with van der Waals surface area (Å²) in [5.74, 6) is 1.28. The Kier molecular flexibility index (Phi) is 4.13. The molecule has 0 amide bonds. The summed E-state index contributed by atoms with van der Waals surface area (Å²) < 4.78 is 10.5. The minimum atomic E-state index is 0.391. The Bertz CT molecular complexity index is 378. The molecule has 1 aromatic carbocycles. The van der Waals surface area contributed by atoms with Gasteiger partial charge in [0.25, 0.3) is 0 Å². The minimum Gasteiger partial charge on any atom is -0.495 e. The molecule has 0 aliphatic carbocycles. The van der Waals surface area contributed by atoms with Crippen molar-refractivity contribution in [1.29, 1.82) is 0 Å². The summed E-state index contributed by atoms with van der Waals surface area (Å²) in [5.41, 5.74) is 1.02. The van der Waals surface area contributed by atoms with Crippen LogP contribution < -0.4 is 10.1 Å². The molecule has 0 spiro atoms. The second-order valence-electron chi connectivity index (χ2n) is 4.41. The first-order valence-electron chi connectivity index (χ1n) is 5.88. The number of hydrogen-bond donors (Lipinski definition) is 1. The molecule has 17 heavy (non-hydrogen) atoms. The lowest BCUT2D eigenvalue weighted by Crippen LogP contribution is -2.26. The van der Waals surface area contributed by atoms with Crippen LogP contribution in [0.4, 0.5) is 5.69 Å². The zero-order valence-corrected chi connectivity index (χ0v) is 11.0. The summed E-state index contributed by atoms with van der Waals surface area (Å²) in [6, 6.07) is 6.15. The molecule has 0 saturated carbocycles. The highest BCUT2D eigenvalue weighted by molar-refractivity contribution is 6.32. The highest BCUT2D eigenvalue weighted by atomic mass is 35.5. The van der Waals surface area contributed by atoms with Gasteiger partial charge >= 0.3 is 0 Å². The average Bonchev–Trinajstić information content (AvgIpc) is 2.82. The molecule has 3 nitrogen and oxygen atoms in total. The fourth-order valence-corrected chi connectivity index (χ4v) is 2.34. The van der Waals surface area contributed by atoms with Crippen LogP contribution in [-0.2, 0) is 4.74 Å². The van der Waals surface area contributed by atoms with Crippen molar-refractivity contribution in [2.45, 2.75) is 19.4 Å². The van der Waals surface area contributed by atoms with E-state index in [1.54, 1.807) is 7.11 Å². The number of ether oxygens (including phenoxy) is 2. The van der Waals surface area contributed by atoms with Crippen molar-refractivity contribution in [2.75, 3.05) is 25.6 Å². The van der Waals surface area contributed by atoms with Gasteiger partial charge in [-0.1, -0.05) is 11.6 Å². The maximum absolute atomic E-state index is 6.08. The van der Waals surface area contributed by atoms with Crippen molar-refractivity contribution in [2.24, 2.45) is 5.92 Å². The minimum absolute atomic E-state index is 0.391. The normalized spacial score (nSPS) is 21.2. The molecule has 2 unspecified atom stereocenters. The molecule has 4 heteroatoms. The SMILES string of the molecule is COc1ccc(NC(C)C2CCOC2)cc1Cl. The molecule has 1 aromatic rings. The number of halogens is 1. The average molecular weight is 256 g/mol. The van der Waals surface area contributed by atoms with E-state index < -0.39 is 0 Å². The Morgan fingerprint density at radius 1 is 1.53 bits per heavy atom. The fourth-order valence-electron chi connectivity index (χ4n) is 2.08. The van der Waals surface area contributed by atoms with Gasteiger partial charge in [-0.25, -0.2) is 0 Å². The molecule has 1 N–H and O–H groups in total. The van der Waals surface area contributed by atoms with Crippen LogP contribution in [-0.4, -0.2) is 26.4 Å². The Morgan fingerprint density at radius 2 is 2.35 bits per heavy atom. The van der Waals surface area contributed by atoms with Crippen LogP contribution in [0.5, 0.6) is 5.75 Å². The molecule has 0 aromatic heterocycles. The quantitative estimate of drug-likeness (QED) is 0.896. The topological polar surface area (TPSA) is 30.5 Å². The fraction of sp³-hybridized carbons (Fsp3) is 0.538. The largest absolute Gasteiger partial charge is 0.495 e. The number of anilines is 1. The Balaban J connectivity index is 2.00. The van der Waals surface area contributed by atoms with E-state index in [0.717, 1.165) is 25.3 Å². The Labute approximate surface area is 107 Å². The molecule has 94 valence electrons. The first kappa shape index (κ1) is 12.5. The third-order valence-corrected chi connectivity index (χ3v) is 3.51. The van der Waals surface area contributed by atoms with Crippen LogP contribution in [0.2, 0.25) is 5.02 Å². The maximum Gasteiger partial charge on any atom is 0.137 e. The predicted octanol–water partition coefficient (Wildman–Crippen LogP) is 3.19. The van der Waals surface area contributed by atoms with Crippen molar-refractivity contribution in [3.05, 3.63) is 23.2 Å². The Hall–Kier alpha value is -0.930. The van der Waals surface area contributed by atoms with E-state index in [1.807, 2.05) is 18.2 Å². The highest BCUT2D eigenvalue weighted by Crippen LogP contribution is 2.28. The zero-order chi connectivity index (χ0) is 12.3. The molecule has 1 aliphatic rings. The third kappa shape index (κ3) is 3.05. The van der Waals surface area contributed by atoms with Gasteiger partial charge in [-0.2, -0.15) is 0 Å². The Morgan fingerprint density at radius 3 is 2.94 bits per heavy atom. The first-order chi connectivity index (χ1) is 8.20. The molecule has 1 saturated heterocycles. The van der Waals surface area contributed by atoms with E-state index in [9.17, 15) is 0 Å². The smallest absolute Gasteiger partial charge is 0.137 e. The van der Waals surface area contributed by atoms with E-state index in [4.69, 9.17) is 21.1 Å². The molecule has 1 heterocycles. The van der Waals surface area contributed by atoms with Gasteiger partial charge in [-0.05, 0) is 31.5 Å². The van der Waals surface area contributed by atoms with Crippen LogP contribution in [0.15, 0.2) is 18.2 Å². The van der Waals surface area contributed by atoms with E-state index >= 15 is 0 Å². The van der Waals surface area contributed by atoms with Gasteiger partial charge in [-0.3, -0.25) is 0 Å². The summed E-state index contributed by atoms with van der Waals surface area (Å²) in [6.07, 6.45) is 1.12. The van der Waals surface area contributed by atoms with Crippen molar-refractivity contribution >= 4 is 17.3 Å². The summed E-state index contributed by atoms with van der Waals surface area (Å²) in [6.45, 7) is 3.90. The van der Waals surface area contributed by atoms with Crippen molar-refractivity contribution in [1.82, 2.24) is 0 Å². The summed E-state index contributed by atoms with van der Waals surface area (Å²) in [4.78, 5) is 0. The van der Waals surface area contributed by atoms with Crippen molar-refractivity contribution in [3.63, 3.8) is 0 Å². The molecular weight excluding hydrogens is 238 g/mol. The van der Waals surface area contributed by atoms with Gasteiger partial charge in [0.15, 0.2) is 0 Å². The third-order valence-electron chi connectivity index (χ3n) is 3.22. The molecular formula is C13H18ClNO2. The maximum atomic E-state index is 6.08. The van der Waals surface area contributed by atoms with Gasteiger partial charge in [0.05, 0.1) is 18.7 Å². The standard InChI is InChI=1S/C13H18ClNO2/c1-9(10-5-6-17-8-10)15-11-3-4-13(16-2)12(14)7-11/h3-4,7,9-10,15H,5-6,8H2,1-2H3. The second-order valence-corrected chi connectivity index (χ2v) is 4.81. The van der Waals surface area contributed by atoms with Crippen LogP contribution in [0.25, 0.3) is 0 Å². The summed E-state index contributed by atoms with van der Waals surface area (Å²) in [5, 5.41) is 4.09. The lowest BCUT2D eigenvalue weighted by molar-refractivity contribution is 0.183. The van der Waals surface area contributed by atoms with Gasteiger partial charge in [0, 0.05) is 24.3 Å². The molecule has 0 radical (unpaired) electrons. The predicted molar refractivity (Wildman–Crippen MR) is 70.0 cm³/mol. The van der Waals surface area contributed by atoms with Crippen LogP contribution in [0.1, 0.15) is 13.3 Å². The number of hydrogen-bond acceptors (Lipinski definition) is 3. The van der Waals surface area contributed by atoms with E-state index in [2.05, 4.69) is 12.2 Å². The highest BCUT2D eigenvalue weighted by Gasteiger charge is 2.22. The van der Waals surface area contributed by atoms with Crippen LogP contribution >= 0.6 is 11.6 Å². The van der Waals surface area contributed by atoms with Gasteiger partial charge in [0.2, 0.25) is 0 Å². The molecule has 2 rings (SSSR count). The number of rotatable bonds is 4. The van der Waals surface area contributed by atoms with E-state index in [0.29, 0.717) is 22.7 Å². The lowest BCUT2D eigenvalue weighted by Gasteiger charge is -2.20. The first-order valence-corrected chi connectivity index (χ1v) is 6.26. The molecule has 1 aliphatic heterocycles. The molecule has 0 bridgehead atoms. The van der Waals surface area contributed by atoms with Crippen LogP contribution in [0.3, 0.4) is 0 Å². The van der Waals surface area contributed by atoms with E-state index in [-0.39, 0.29) is 0 Å². The second kappa shape index (κ2) is 5.61. The van der Waals surface area contributed by atoms with Crippen molar-refractivity contribution in [3.8, 4) is 5.75 Å². The summed E-state index contributed by atoms with van der Waals surface area (Å²) >= 11 is 6.08. The van der Waals surface area contributed by atoms with Gasteiger partial charge in [0.1, 0.15) is 5.75 Å². The monoisotopic (exact) mass is 255 g/mol. The number of benzene rings is 1. The molecule has 2 atom stereocenters. The number of methoxy groups -OCH3 is 1. The number of nitrogens with one attached hydrogen (secondary N) is 1. The zero-order valence-electron chi connectivity index (χ0n) is 10.2. The van der Waals surface area contributed by atoms with Gasteiger partial charge in [-0.15, -0.1) is 0 Å². The summed E-state index contributed by atoms with van der Waals surface area (Å²) in [7, 11) is 1.62. The van der Waals surface area contributed by atoms with Gasteiger partial charge < -0.3 is 14.8 Å². The van der Waals surface area contributed by atoms with E-state index in [1.165, 1.54) is 0 Å². The van der Waals surface area contributed by atoms with Crippen LogP contribution in [0, 0.1) is 5.92 Å². The van der Waals surface area contributed by atoms with Crippen molar-refractivity contribution < 1.29 is 9.47 Å². The lowest BCUT2D eigenvalue weighted by atomic mass is 10.0.